The summed E-state index contributed by atoms with van der Waals surface area (Å²) in [6.45, 7) is 3.43. The molecule has 0 saturated carbocycles. The topological polar surface area (TPSA) is 62.1 Å². The maximum absolute atomic E-state index is 12.5. The normalized spacial score (nSPS) is 20.3. The highest BCUT2D eigenvalue weighted by atomic mass is 35.5. The fraction of sp³-hybridized carbons (Fsp3) is 0.389. The quantitative estimate of drug-likeness (QED) is 0.777. The summed E-state index contributed by atoms with van der Waals surface area (Å²) in [4.78, 5) is 41.7. The van der Waals surface area contributed by atoms with E-state index in [2.05, 4.69) is 7.05 Å². The summed E-state index contributed by atoms with van der Waals surface area (Å²) < 4.78 is 0. The van der Waals surface area contributed by atoms with E-state index in [0.29, 0.717) is 9.93 Å². The van der Waals surface area contributed by atoms with Gasteiger partial charge in [0.1, 0.15) is 0 Å². The van der Waals surface area contributed by atoms with Crippen LogP contribution in [0.3, 0.4) is 0 Å². The molecule has 2 aliphatic rings. The minimum absolute atomic E-state index is 0.00164. The number of nitrogens with zero attached hydrogens (tertiary/aromatic N) is 2. The van der Waals surface area contributed by atoms with Gasteiger partial charge in [0.2, 0.25) is 5.91 Å². The smallest absolute Gasteiger partial charge is 0.293 e. The number of piperazine rings is 1. The molecule has 1 N–H and O–H groups in total. The number of hydrogen-bond acceptors (Lipinski definition) is 4. The van der Waals surface area contributed by atoms with Crippen molar-refractivity contribution >= 4 is 46.5 Å². The second kappa shape index (κ2) is 8.24. The van der Waals surface area contributed by atoms with Crippen molar-refractivity contribution in [2.45, 2.75) is 6.42 Å². The Balaban J connectivity index is 1.59. The lowest BCUT2D eigenvalue weighted by Crippen LogP contribution is -3.12. The van der Waals surface area contributed by atoms with Crippen molar-refractivity contribution in [3.63, 3.8) is 0 Å². The maximum atomic E-state index is 12.5. The highest BCUT2D eigenvalue weighted by Gasteiger charge is 2.35. The van der Waals surface area contributed by atoms with Crippen LogP contribution in [0.5, 0.6) is 0 Å². The molecule has 2 fully saturated rings. The van der Waals surface area contributed by atoms with E-state index >= 15 is 0 Å². The summed E-state index contributed by atoms with van der Waals surface area (Å²) >= 11 is 6.76. The monoisotopic (exact) mass is 394 g/mol. The molecule has 3 amide bonds. The summed E-state index contributed by atoms with van der Waals surface area (Å²) in [7, 11) is 2.11. The zero-order valence-electron chi connectivity index (χ0n) is 14.5. The maximum Gasteiger partial charge on any atom is 0.293 e. The number of likely N-dealkylation sites (N-methyl/N-ethyl adjacent to an activating group) is 1. The van der Waals surface area contributed by atoms with Crippen LogP contribution in [0.25, 0.3) is 6.08 Å². The first-order valence-electron chi connectivity index (χ1n) is 8.54. The van der Waals surface area contributed by atoms with Gasteiger partial charge in [0.05, 0.1) is 38.1 Å². The minimum Gasteiger partial charge on any atom is -0.334 e. The average Bonchev–Trinajstić information content (AvgIpc) is 2.89. The molecule has 2 saturated heterocycles. The SMILES string of the molecule is C[NH+]1CCN(C(=O)CCN2C(=O)S/C(=C\c3ccc(Cl)cc3)C2=O)CC1. The number of benzene rings is 1. The van der Waals surface area contributed by atoms with Gasteiger partial charge >= 0.3 is 0 Å². The number of imide groups is 1. The summed E-state index contributed by atoms with van der Waals surface area (Å²) in [5.41, 5.74) is 0.802. The molecule has 0 radical (unpaired) electrons. The van der Waals surface area contributed by atoms with Crippen molar-refractivity contribution in [2.24, 2.45) is 0 Å². The Morgan fingerprint density at radius 1 is 1.23 bits per heavy atom. The van der Waals surface area contributed by atoms with Gasteiger partial charge in [0.25, 0.3) is 11.1 Å². The van der Waals surface area contributed by atoms with E-state index < -0.39 is 0 Å². The Bertz CT molecular complexity index is 743. The minimum atomic E-state index is -0.342. The third-order valence-electron chi connectivity index (χ3n) is 4.56. The Morgan fingerprint density at radius 2 is 1.88 bits per heavy atom. The molecule has 0 atom stereocenters. The standard InChI is InChI=1S/C18H20ClN3O3S/c1-20-8-10-21(11-9-20)16(23)6-7-22-17(24)15(26-18(22)25)12-13-2-4-14(19)5-3-13/h2-5,12H,6-11H2,1H3/p+1/b15-12-. The van der Waals surface area contributed by atoms with Gasteiger partial charge in [-0.2, -0.15) is 0 Å². The largest absolute Gasteiger partial charge is 0.334 e. The Hall–Kier alpha value is -1.83. The van der Waals surface area contributed by atoms with Gasteiger partial charge in [0, 0.05) is 18.0 Å². The number of carbonyl (C=O) groups is 3. The van der Waals surface area contributed by atoms with Crippen LogP contribution in [0.4, 0.5) is 4.79 Å². The molecular weight excluding hydrogens is 374 g/mol. The fourth-order valence-corrected chi connectivity index (χ4v) is 3.90. The summed E-state index contributed by atoms with van der Waals surface area (Å²) in [5.74, 6) is -0.344. The molecule has 0 spiro atoms. The number of quaternary nitrogens is 1. The molecule has 0 bridgehead atoms. The first-order valence-corrected chi connectivity index (χ1v) is 9.73. The lowest BCUT2D eigenvalue weighted by atomic mass is 10.2. The van der Waals surface area contributed by atoms with E-state index in [0.717, 1.165) is 48.4 Å². The number of amides is 3. The molecule has 6 nitrogen and oxygen atoms in total. The summed E-state index contributed by atoms with van der Waals surface area (Å²) in [6.07, 6.45) is 1.84. The van der Waals surface area contributed by atoms with Crippen LogP contribution in [0.1, 0.15) is 12.0 Å². The van der Waals surface area contributed by atoms with Crippen LogP contribution in [-0.2, 0) is 9.59 Å². The second-order valence-corrected chi connectivity index (χ2v) is 7.90. The van der Waals surface area contributed by atoms with E-state index in [1.54, 1.807) is 30.3 Å². The number of halogens is 1. The van der Waals surface area contributed by atoms with E-state index in [9.17, 15) is 14.4 Å². The van der Waals surface area contributed by atoms with Crippen molar-refractivity contribution in [1.82, 2.24) is 9.80 Å². The van der Waals surface area contributed by atoms with Crippen molar-refractivity contribution in [1.29, 1.82) is 0 Å². The molecular formula is C18H21ClN3O3S+. The number of hydrogen-bond donors (Lipinski definition) is 1. The second-order valence-electron chi connectivity index (χ2n) is 6.47. The predicted octanol–water partition coefficient (Wildman–Crippen LogP) is 1.12. The van der Waals surface area contributed by atoms with E-state index in [1.807, 2.05) is 4.90 Å². The van der Waals surface area contributed by atoms with Crippen LogP contribution in [0, 0.1) is 0 Å². The van der Waals surface area contributed by atoms with Crippen LogP contribution in [0.2, 0.25) is 5.02 Å². The zero-order valence-corrected chi connectivity index (χ0v) is 16.1. The van der Waals surface area contributed by atoms with Crippen LogP contribution < -0.4 is 4.90 Å². The molecule has 1 aromatic carbocycles. The first-order chi connectivity index (χ1) is 12.4. The molecule has 0 aromatic heterocycles. The van der Waals surface area contributed by atoms with E-state index in [1.165, 1.54) is 4.90 Å². The lowest BCUT2D eigenvalue weighted by Gasteiger charge is -2.30. The van der Waals surface area contributed by atoms with Crippen LogP contribution in [0.15, 0.2) is 29.2 Å². The van der Waals surface area contributed by atoms with Crippen molar-refractivity contribution < 1.29 is 19.3 Å². The number of carbonyl (C=O) groups excluding carboxylic acids is 3. The summed E-state index contributed by atoms with van der Waals surface area (Å²) in [5, 5.41) is 0.283. The molecule has 138 valence electrons. The van der Waals surface area contributed by atoms with Crippen molar-refractivity contribution in [3.8, 4) is 0 Å². The average molecular weight is 395 g/mol. The highest BCUT2D eigenvalue weighted by molar-refractivity contribution is 8.18. The molecule has 1 aromatic rings. The molecule has 8 heteroatoms. The Kier molecular flexibility index (Phi) is 6.01. The highest BCUT2D eigenvalue weighted by Crippen LogP contribution is 2.32. The van der Waals surface area contributed by atoms with Gasteiger partial charge < -0.3 is 9.80 Å². The van der Waals surface area contributed by atoms with Crippen molar-refractivity contribution in [2.75, 3.05) is 39.8 Å². The first kappa shape index (κ1) is 18.9. The van der Waals surface area contributed by atoms with E-state index in [-0.39, 0.29) is 30.0 Å². The Labute approximate surface area is 161 Å². The van der Waals surface area contributed by atoms with Crippen LogP contribution in [-0.4, -0.2) is 66.6 Å². The van der Waals surface area contributed by atoms with Gasteiger partial charge in [-0.05, 0) is 35.5 Å². The Morgan fingerprint density at radius 3 is 2.54 bits per heavy atom. The number of rotatable bonds is 4. The van der Waals surface area contributed by atoms with E-state index in [4.69, 9.17) is 11.6 Å². The fourth-order valence-electron chi connectivity index (χ4n) is 2.91. The van der Waals surface area contributed by atoms with Gasteiger partial charge in [-0.15, -0.1) is 0 Å². The van der Waals surface area contributed by atoms with Gasteiger partial charge in [-0.25, -0.2) is 0 Å². The van der Waals surface area contributed by atoms with Crippen LogP contribution >= 0.6 is 23.4 Å². The molecule has 3 rings (SSSR count). The third kappa shape index (κ3) is 4.47. The van der Waals surface area contributed by atoms with Gasteiger partial charge in [-0.3, -0.25) is 19.3 Å². The molecule has 2 heterocycles. The van der Waals surface area contributed by atoms with Gasteiger partial charge in [-0.1, -0.05) is 23.7 Å². The lowest BCUT2D eigenvalue weighted by molar-refractivity contribution is -0.883. The predicted molar refractivity (Wildman–Crippen MR) is 102 cm³/mol. The number of nitrogens with one attached hydrogen (secondary N) is 1. The molecule has 0 aliphatic carbocycles. The van der Waals surface area contributed by atoms with Gasteiger partial charge in [0.15, 0.2) is 0 Å². The number of thioether (sulfide) groups is 1. The molecule has 0 unspecified atom stereocenters. The molecule has 2 aliphatic heterocycles. The molecule has 26 heavy (non-hydrogen) atoms. The zero-order chi connectivity index (χ0) is 18.7. The van der Waals surface area contributed by atoms with Crippen molar-refractivity contribution in [3.05, 3.63) is 39.8 Å². The third-order valence-corrected chi connectivity index (χ3v) is 5.72. The summed E-state index contributed by atoms with van der Waals surface area (Å²) in [6, 6.07) is 7.03.